The van der Waals surface area contributed by atoms with E-state index in [4.69, 9.17) is 11.6 Å². The molecule has 0 radical (unpaired) electrons. The van der Waals surface area contributed by atoms with E-state index < -0.39 is 34.4 Å². The van der Waals surface area contributed by atoms with Gasteiger partial charge < -0.3 is 10.6 Å². The molecule has 31 heavy (non-hydrogen) atoms. The number of halogens is 4. The summed E-state index contributed by atoms with van der Waals surface area (Å²) < 4.78 is 42.7. The van der Waals surface area contributed by atoms with Gasteiger partial charge in [0.25, 0.3) is 11.8 Å². The molecule has 3 aromatic rings. The van der Waals surface area contributed by atoms with E-state index in [-0.39, 0.29) is 11.4 Å². The largest absolute Gasteiger partial charge is 0.436 e. The van der Waals surface area contributed by atoms with Crippen LogP contribution in [0.25, 0.3) is 0 Å². The third-order valence-corrected chi connectivity index (χ3v) is 4.92. The Hall–Kier alpha value is -3.35. The number of nitrogens with one attached hydrogen (secondary N) is 2. The average molecular weight is 459 g/mol. The SMILES string of the molecule is CCn1ncc(NC(=O)c2c(Cl)c(C(F)(F)F)nn2C)c1C(=O)Nc1cnn(C)c1C. The lowest BCUT2D eigenvalue weighted by atomic mass is 10.2. The van der Waals surface area contributed by atoms with Gasteiger partial charge in [0.15, 0.2) is 5.69 Å². The Morgan fingerprint density at radius 1 is 1.03 bits per heavy atom. The van der Waals surface area contributed by atoms with Crippen molar-refractivity contribution in [2.45, 2.75) is 26.6 Å². The molecule has 0 bridgehead atoms. The highest BCUT2D eigenvalue weighted by Crippen LogP contribution is 2.35. The maximum absolute atomic E-state index is 13.0. The van der Waals surface area contributed by atoms with Gasteiger partial charge in [0.2, 0.25) is 0 Å². The summed E-state index contributed by atoms with van der Waals surface area (Å²) in [5.74, 6) is -1.56. The molecule has 0 aromatic carbocycles. The fourth-order valence-corrected chi connectivity index (χ4v) is 3.22. The first-order valence-electron chi connectivity index (χ1n) is 8.92. The highest BCUT2D eigenvalue weighted by molar-refractivity contribution is 6.35. The minimum atomic E-state index is -4.83. The zero-order valence-electron chi connectivity index (χ0n) is 16.9. The van der Waals surface area contributed by atoms with Gasteiger partial charge >= 0.3 is 6.18 Å². The summed E-state index contributed by atoms with van der Waals surface area (Å²) in [7, 11) is 2.87. The van der Waals surface area contributed by atoms with E-state index >= 15 is 0 Å². The number of amides is 2. The Labute approximate surface area is 179 Å². The number of aromatic nitrogens is 6. The number of aryl methyl sites for hydroxylation is 3. The van der Waals surface area contributed by atoms with Crippen LogP contribution in [0.1, 0.15) is 39.3 Å². The molecule has 0 fully saturated rings. The van der Waals surface area contributed by atoms with E-state index in [9.17, 15) is 22.8 Å². The van der Waals surface area contributed by atoms with E-state index in [1.165, 1.54) is 17.1 Å². The molecule has 0 saturated heterocycles. The molecule has 0 saturated carbocycles. The molecule has 0 atom stereocenters. The standard InChI is InChI=1S/C17H18ClF3N8O2/c1-5-29-12(15(30)24-9-6-22-27(3)8(9)2)10(7-23-29)25-16(31)13-11(18)14(17(19,20)21)26-28(13)4/h6-7H,5H2,1-4H3,(H,24,30)(H,25,31). The van der Waals surface area contributed by atoms with Crippen molar-refractivity contribution >= 4 is 34.8 Å². The van der Waals surface area contributed by atoms with Crippen LogP contribution in [-0.4, -0.2) is 41.2 Å². The summed E-state index contributed by atoms with van der Waals surface area (Å²) >= 11 is 5.76. The molecular weight excluding hydrogens is 441 g/mol. The zero-order chi connectivity index (χ0) is 23.1. The number of rotatable bonds is 5. The molecular formula is C17H18ClF3N8O2. The number of carbonyl (C=O) groups excluding carboxylic acids is 2. The van der Waals surface area contributed by atoms with E-state index in [0.29, 0.717) is 17.9 Å². The summed E-state index contributed by atoms with van der Waals surface area (Å²) in [6.45, 7) is 3.79. The maximum Gasteiger partial charge on any atom is 0.436 e. The number of carbonyl (C=O) groups is 2. The maximum atomic E-state index is 13.0. The summed E-state index contributed by atoms with van der Waals surface area (Å²) in [6.07, 6.45) is -2.14. The van der Waals surface area contributed by atoms with E-state index in [1.54, 1.807) is 25.6 Å². The number of alkyl halides is 3. The smallest absolute Gasteiger partial charge is 0.318 e. The van der Waals surface area contributed by atoms with Gasteiger partial charge in [-0.05, 0) is 13.8 Å². The van der Waals surface area contributed by atoms with Gasteiger partial charge in [-0.3, -0.25) is 23.6 Å². The van der Waals surface area contributed by atoms with Gasteiger partial charge in [-0.1, -0.05) is 11.6 Å². The Bertz CT molecular complexity index is 1160. The van der Waals surface area contributed by atoms with Crippen LogP contribution in [0, 0.1) is 6.92 Å². The van der Waals surface area contributed by atoms with Gasteiger partial charge in [0.05, 0.1) is 29.5 Å². The lowest BCUT2D eigenvalue weighted by Gasteiger charge is -2.10. The van der Waals surface area contributed by atoms with Gasteiger partial charge in [-0.25, -0.2) is 0 Å². The molecule has 3 aromatic heterocycles. The Kier molecular flexibility index (Phi) is 5.81. The monoisotopic (exact) mass is 458 g/mol. The lowest BCUT2D eigenvalue weighted by molar-refractivity contribution is -0.141. The molecule has 2 amide bonds. The Balaban J connectivity index is 1.92. The first-order chi connectivity index (χ1) is 14.5. The fraction of sp³-hybridized carbons (Fsp3) is 0.353. The van der Waals surface area contributed by atoms with Crippen LogP contribution in [0.3, 0.4) is 0 Å². The van der Waals surface area contributed by atoms with Crippen molar-refractivity contribution in [2.75, 3.05) is 10.6 Å². The third kappa shape index (κ3) is 4.13. The Morgan fingerprint density at radius 3 is 2.13 bits per heavy atom. The van der Waals surface area contributed by atoms with E-state index in [2.05, 4.69) is 25.9 Å². The molecule has 10 nitrogen and oxygen atoms in total. The predicted octanol–water partition coefficient (Wildman–Crippen LogP) is 2.86. The third-order valence-electron chi connectivity index (χ3n) is 4.56. The first kappa shape index (κ1) is 22.3. The normalized spacial score (nSPS) is 11.6. The second-order valence-electron chi connectivity index (χ2n) is 6.53. The lowest BCUT2D eigenvalue weighted by Crippen LogP contribution is -2.22. The summed E-state index contributed by atoms with van der Waals surface area (Å²) in [4.78, 5) is 25.6. The average Bonchev–Trinajstić information content (AvgIpc) is 3.32. The molecule has 0 aliphatic rings. The van der Waals surface area contributed by atoms with Crippen LogP contribution >= 0.6 is 11.6 Å². The van der Waals surface area contributed by atoms with Crippen molar-refractivity contribution in [3.05, 3.63) is 40.2 Å². The van der Waals surface area contributed by atoms with Crippen molar-refractivity contribution in [3.8, 4) is 0 Å². The van der Waals surface area contributed by atoms with E-state index in [0.717, 1.165) is 11.7 Å². The molecule has 3 rings (SSSR count). The molecule has 0 spiro atoms. The van der Waals surface area contributed by atoms with Crippen LogP contribution in [0.4, 0.5) is 24.5 Å². The topological polar surface area (TPSA) is 112 Å². The Morgan fingerprint density at radius 2 is 1.61 bits per heavy atom. The quantitative estimate of drug-likeness (QED) is 0.610. The summed E-state index contributed by atoms with van der Waals surface area (Å²) in [5, 5.41) is 15.6. The molecule has 2 N–H and O–H groups in total. The van der Waals surface area contributed by atoms with Gasteiger partial charge in [0.1, 0.15) is 16.4 Å². The minimum absolute atomic E-state index is 0.00304. The molecule has 0 aliphatic heterocycles. The van der Waals surface area contributed by atoms with Crippen LogP contribution in [0.15, 0.2) is 12.4 Å². The van der Waals surface area contributed by atoms with Crippen LogP contribution in [0.5, 0.6) is 0 Å². The van der Waals surface area contributed by atoms with E-state index in [1.807, 2.05) is 0 Å². The van der Waals surface area contributed by atoms with Crippen molar-refractivity contribution in [2.24, 2.45) is 14.1 Å². The van der Waals surface area contributed by atoms with Gasteiger partial charge in [-0.15, -0.1) is 0 Å². The summed E-state index contributed by atoms with van der Waals surface area (Å²) in [5.41, 5.74) is -0.727. The molecule has 14 heteroatoms. The zero-order valence-corrected chi connectivity index (χ0v) is 17.6. The number of hydrogen-bond donors (Lipinski definition) is 2. The molecule has 3 heterocycles. The minimum Gasteiger partial charge on any atom is -0.318 e. The van der Waals surface area contributed by atoms with Crippen LogP contribution < -0.4 is 10.6 Å². The van der Waals surface area contributed by atoms with Crippen LogP contribution in [-0.2, 0) is 26.8 Å². The molecule has 0 unspecified atom stereocenters. The number of nitrogens with zero attached hydrogens (tertiary/aromatic N) is 6. The van der Waals surface area contributed by atoms with Gasteiger partial charge in [0, 0.05) is 20.6 Å². The fourth-order valence-electron chi connectivity index (χ4n) is 2.87. The van der Waals surface area contributed by atoms with Crippen LogP contribution in [0.2, 0.25) is 5.02 Å². The first-order valence-corrected chi connectivity index (χ1v) is 9.30. The number of anilines is 2. The van der Waals surface area contributed by atoms with Crippen molar-refractivity contribution in [3.63, 3.8) is 0 Å². The highest BCUT2D eigenvalue weighted by Gasteiger charge is 2.40. The second kappa shape index (κ2) is 8.06. The highest BCUT2D eigenvalue weighted by atomic mass is 35.5. The van der Waals surface area contributed by atoms with Crippen molar-refractivity contribution in [1.82, 2.24) is 29.3 Å². The predicted molar refractivity (Wildman–Crippen MR) is 105 cm³/mol. The number of hydrogen-bond acceptors (Lipinski definition) is 5. The molecule has 166 valence electrons. The molecule has 0 aliphatic carbocycles. The van der Waals surface area contributed by atoms with Gasteiger partial charge in [-0.2, -0.15) is 28.5 Å². The summed E-state index contributed by atoms with van der Waals surface area (Å²) in [6, 6.07) is 0. The van der Waals surface area contributed by atoms with Crippen molar-refractivity contribution < 1.29 is 22.8 Å². The second-order valence-corrected chi connectivity index (χ2v) is 6.91. The van der Waals surface area contributed by atoms with Crippen molar-refractivity contribution in [1.29, 1.82) is 0 Å².